The molecule has 2 atom stereocenters. The van der Waals surface area contributed by atoms with E-state index in [0.717, 1.165) is 43.4 Å². The van der Waals surface area contributed by atoms with Gasteiger partial charge in [-0.25, -0.2) is 0 Å². The summed E-state index contributed by atoms with van der Waals surface area (Å²) < 4.78 is 83.9. The van der Waals surface area contributed by atoms with E-state index in [0.29, 0.717) is 0 Å². The summed E-state index contributed by atoms with van der Waals surface area (Å²) in [6, 6.07) is 11.2. The van der Waals surface area contributed by atoms with E-state index >= 15 is 0 Å². The molecule has 1 aliphatic rings. The Labute approximate surface area is 159 Å². The van der Waals surface area contributed by atoms with Crippen LogP contribution in [0.25, 0.3) is 0 Å². The van der Waals surface area contributed by atoms with Gasteiger partial charge in [-0.1, -0.05) is 43.2 Å². The van der Waals surface area contributed by atoms with Crippen molar-refractivity contribution >= 4 is 0 Å². The molecule has 7 heteroatoms. The molecule has 1 aliphatic carbocycles. The highest BCUT2D eigenvalue weighted by molar-refractivity contribution is 5.33. The molecule has 1 fully saturated rings. The van der Waals surface area contributed by atoms with Crippen LogP contribution in [0.15, 0.2) is 48.5 Å². The van der Waals surface area contributed by atoms with Gasteiger partial charge in [0.2, 0.25) is 0 Å². The molecular formula is C21H20F6O. The molecule has 1 nitrogen and oxygen atoms in total. The number of alkyl halides is 6. The molecule has 0 unspecified atom stereocenters. The number of hydrogen-bond donors (Lipinski definition) is 0. The zero-order valence-corrected chi connectivity index (χ0v) is 15.0. The first-order valence-electron chi connectivity index (χ1n) is 9.09. The van der Waals surface area contributed by atoms with Crippen LogP contribution in [0.2, 0.25) is 0 Å². The number of hydrogen-bond acceptors (Lipinski definition) is 1. The van der Waals surface area contributed by atoms with Gasteiger partial charge in [-0.15, -0.1) is 0 Å². The molecule has 152 valence electrons. The van der Waals surface area contributed by atoms with E-state index < -0.39 is 23.5 Å². The third-order valence-electron chi connectivity index (χ3n) is 5.04. The summed E-state index contributed by atoms with van der Waals surface area (Å²) in [4.78, 5) is 0. The van der Waals surface area contributed by atoms with Crippen molar-refractivity contribution in [1.29, 1.82) is 0 Å². The molecule has 2 aromatic rings. The highest BCUT2D eigenvalue weighted by Gasteiger charge is 2.37. The lowest BCUT2D eigenvalue weighted by Gasteiger charge is -2.32. The van der Waals surface area contributed by atoms with Gasteiger partial charge < -0.3 is 4.74 Å². The third kappa shape index (κ3) is 5.07. The summed E-state index contributed by atoms with van der Waals surface area (Å²) >= 11 is 0. The van der Waals surface area contributed by atoms with Gasteiger partial charge in [0.1, 0.15) is 0 Å². The van der Waals surface area contributed by atoms with Gasteiger partial charge in [0.15, 0.2) is 0 Å². The lowest BCUT2D eigenvalue weighted by molar-refractivity contribution is -0.143. The van der Waals surface area contributed by atoms with Crippen LogP contribution in [0, 0.1) is 0 Å². The second-order valence-corrected chi connectivity index (χ2v) is 7.07. The molecule has 0 aliphatic heterocycles. The number of halogens is 6. The van der Waals surface area contributed by atoms with Crippen LogP contribution in [-0.2, 0) is 23.7 Å². The van der Waals surface area contributed by atoms with Gasteiger partial charge in [0.05, 0.1) is 23.8 Å². The van der Waals surface area contributed by atoms with Crippen molar-refractivity contribution in [2.24, 2.45) is 0 Å². The van der Waals surface area contributed by atoms with Gasteiger partial charge in [-0.05, 0) is 42.2 Å². The SMILES string of the molecule is FC(F)(F)c1cc(CO[C@H]2CCCC[C@H]2c2ccccc2)cc(C(F)(F)F)c1. The minimum absolute atomic E-state index is 0.0860. The molecule has 0 spiro atoms. The molecular weight excluding hydrogens is 382 g/mol. The predicted octanol–water partition coefficient (Wildman–Crippen LogP) is 6.97. The van der Waals surface area contributed by atoms with Crippen molar-refractivity contribution in [2.75, 3.05) is 0 Å². The monoisotopic (exact) mass is 402 g/mol. The summed E-state index contributed by atoms with van der Waals surface area (Å²) in [7, 11) is 0. The standard InChI is InChI=1S/C21H20F6O/c22-20(23,24)16-10-14(11-17(12-16)21(25,26)27)13-28-19-9-5-4-8-18(19)15-6-2-1-3-7-15/h1-3,6-7,10-12,18-19H,4-5,8-9,13H2/t18-,19-/m0/s1. The summed E-state index contributed by atoms with van der Waals surface area (Å²) in [6.07, 6.45) is -6.40. The molecule has 1 saturated carbocycles. The summed E-state index contributed by atoms with van der Waals surface area (Å²) in [6.45, 7) is -0.291. The van der Waals surface area contributed by atoms with Gasteiger partial charge in [-0.2, -0.15) is 26.3 Å². The first-order chi connectivity index (χ1) is 13.1. The third-order valence-corrected chi connectivity index (χ3v) is 5.04. The largest absolute Gasteiger partial charge is 0.416 e. The predicted molar refractivity (Wildman–Crippen MR) is 92.7 cm³/mol. The molecule has 3 rings (SSSR count). The van der Waals surface area contributed by atoms with Crippen LogP contribution in [0.1, 0.15) is 53.9 Å². The fraction of sp³-hybridized carbons (Fsp3) is 0.429. The van der Waals surface area contributed by atoms with E-state index in [1.165, 1.54) is 0 Å². The number of ether oxygens (including phenoxy) is 1. The topological polar surface area (TPSA) is 9.23 Å². The molecule has 0 aromatic heterocycles. The van der Waals surface area contributed by atoms with Gasteiger partial charge in [0.25, 0.3) is 0 Å². The Morgan fingerprint density at radius 1 is 0.786 bits per heavy atom. The van der Waals surface area contributed by atoms with Crippen molar-refractivity contribution < 1.29 is 31.1 Å². The number of rotatable bonds is 4. The van der Waals surface area contributed by atoms with Gasteiger partial charge in [0, 0.05) is 5.92 Å². The lowest BCUT2D eigenvalue weighted by Crippen LogP contribution is -2.26. The normalized spacial score (nSPS) is 20.9. The minimum Gasteiger partial charge on any atom is -0.373 e. The maximum atomic E-state index is 13.0. The van der Waals surface area contributed by atoms with Crippen LogP contribution in [-0.4, -0.2) is 6.10 Å². The maximum absolute atomic E-state index is 13.0. The highest BCUT2D eigenvalue weighted by Crippen LogP contribution is 2.38. The second-order valence-electron chi connectivity index (χ2n) is 7.07. The molecule has 0 heterocycles. The van der Waals surface area contributed by atoms with E-state index in [2.05, 4.69) is 0 Å². The Hall–Kier alpha value is -2.02. The van der Waals surface area contributed by atoms with Crippen molar-refractivity contribution in [3.8, 4) is 0 Å². The second kappa shape index (κ2) is 8.15. The van der Waals surface area contributed by atoms with E-state index in [9.17, 15) is 26.3 Å². The van der Waals surface area contributed by atoms with Crippen LogP contribution >= 0.6 is 0 Å². The van der Waals surface area contributed by atoms with Crippen LogP contribution in [0.4, 0.5) is 26.3 Å². The fourth-order valence-electron chi connectivity index (χ4n) is 3.68. The summed E-state index contributed by atoms with van der Waals surface area (Å²) in [5.41, 5.74) is -1.68. The average molecular weight is 402 g/mol. The fourth-order valence-corrected chi connectivity index (χ4v) is 3.68. The van der Waals surface area contributed by atoms with Crippen LogP contribution in [0.3, 0.4) is 0 Å². The highest BCUT2D eigenvalue weighted by atomic mass is 19.4. The molecule has 2 aromatic carbocycles. The van der Waals surface area contributed by atoms with E-state index in [1.807, 2.05) is 30.3 Å². The molecule has 0 saturated heterocycles. The van der Waals surface area contributed by atoms with E-state index in [1.54, 1.807) is 0 Å². The summed E-state index contributed by atoms with van der Waals surface area (Å²) in [5.74, 6) is 0.0860. The van der Waals surface area contributed by atoms with Crippen LogP contribution < -0.4 is 0 Å². The van der Waals surface area contributed by atoms with Gasteiger partial charge in [-0.3, -0.25) is 0 Å². The lowest BCUT2D eigenvalue weighted by atomic mass is 9.81. The molecule has 28 heavy (non-hydrogen) atoms. The Balaban J connectivity index is 1.81. The average Bonchev–Trinajstić information content (AvgIpc) is 2.66. The quantitative estimate of drug-likeness (QED) is 0.502. The van der Waals surface area contributed by atoms with Crippen LogP contribution in [0.5, 0.6) is 0 Å². The first kappa shape index (κ1) is 20.7. The van der Waals surface area contributed by atoms with Crippen molar-refractivity contribution in [3.63, 3.8) is 0 Å². The van der Waals surface area contributed by atoms with Crippen molar-refractivity contribution in [1.82, 2.24) is 0 Å². The summed E-state index contributed by atoms with van der Waals surface area (Å²) in [5, 5.41) is 0. The first-order valence-corrected chi connectivity index (χ1v) is 9.09. The molecule has 0 amide bonds. The van der Waals surface area contributed by atoms with Crippen molar-refractivity contribution in [2.45, 2.75) is 56.7 Å². The van der Waals surface area contributed by atoms with E-state index in [-0.39, 0.29) is 30.3 Å². The Bertz CT molecular complexity index is 749. The Kier molecular flexibility index (Phi) is 6.03. The molecule has 0 N–H and O–H groups in total. The molecule has 0 radical (unpaired) electrons. The van der Waals surface area contributed by atoms with E-state index in [4.69, 9.17) is 4.74 Å². The van der Waals surface area contributed by atoms with Crippen molar-refractivity contribution in [3.05, 3.63) is 70.8 Å². The zero-order chi connectivity index (χ0) is 20.4. The smallest absolute Gasteiger partial charge is 0.373 e. The zero-order valence-electron chi connectivity index (χ0n) is 15.0. The Morgan fingerprint density at radius 3 is 1.93 bits per heavy atom. The van der Waals surface area contributed by atoms with Gasteiger partial charge >= 0.3 is 12.4 Å². The minimum atomic E-state index is -4.85. The number of benzene rings is 2. The molecule has 0 bridgehead atoms. The maximum Gasteiger partial charge on any atom is 0.416 e. The Morgan fingerprint density at radius 2 is 1.36 bits per heavy atom.